The van der Waals surface area contributed by atoms with Crippen molar-refractivity contribution in [2.45, 2.75) is 32.1 Å². The summed E-state index contributed by atoms with van der Waals surface area (Å²) in [5, 5.41) is 4.51. The summed E-state index contributed by atoms with van der Waals surface area (Å²) in [4.78, 5) is -0.0348. The summed E-state index contributed by atoms with van der Waals surface area (Å²) in [6.07, 6.45) is 0.951. The highest BCUT2D eigenvalue weighted by Crippen LogP contribution is 2.38. The van der Waals surface area contributed by atoms with Gasteiger partial charge in [0.1, 0.15) is 15.7 Å². The molecule has 0 fully saturated rings. The molecule has 5 nitrogen and oxygen atoms in total. The molecule has 3 aromatic rings. The van der Waals surface area contributed by atoms with Crippen LogP contribution in [0.2, 0.25) is 10.0 Å². The van der Waals surface area contributed by atoms with Crippen LogP contribution in [0, 0.1) is 13.8 Å². The van der Waals surface area contributed by atoms with Crippen LogP contribution in [0.4, 0.5) is 5.69 Å². The lowest BCUT2D eigenvalue weighted by molar-refractivity contribution is 0.503. The Morgan fingerprint density at radius 2 is 1.68 bits per heavy atom. The van der Waals surface area contributed by atoms with Crippen molar-refractivity contribution in [3.63, 3.8) is 0 Å². The molecule has 0 aliphatic heterocycles. The van der Waals surface area contributed by atoms with E-state index in [1.54, 1.807) is 30.8 Å². The van der Waals surface area contributed by atoms with Crippen LogP contribution in [0.1, 0.15) is 23.9 Å². The van der Waals surface area contributed by atoms with Gasteiger partial charge in [-0.25, -0.2) is 0 Å². The van der Waals surface area contributed by atoms with Crippen molar-refractivity contribution in [2.24, 2.45) is 7.05 Å². The zero-order chi connectivity index (χ0) is 20.6. The molecule has 0 radical (unpaired) electrons. The monoisotopic (exact) mass is 438 g/mol. The fraction of sp³-hybridized carbons (Fsp3) is 0.250. The minimum atomic E-state index is -3.73. The summed E-state index contributed by atoms with van der Waals surface area (Å²) in [5.74, 6) is 0. The lowest BCUT2D eigenvalue weighted by Gasteiger charge is -2.12. The van der Waals surface area contributed by atoms with Gasteiger partial charge in [-0.3, -0.25) is 4.68 Å². The van der Waals surface area contributed by atoms with Crippen molar-refractivity contribution >= 4 is 39.3 Å². The third-order valence-electron chi connectivity index (χ3n) is 4.72. The van der Waals surface area contributed by atoms with Crippen molar-refractivity contribution in [3.05, 3.63) is 63.4 Å². The van der Waals surface area contributed by atoms with Crippen LogP contribution in [0.15, 0.2) is 41.3 Å². The van der Waals surface area contributed by atoms with Gasteiger partial charge < -0.3 is 0 Å². The highest BCUT2D eigenvalue weighted by atomic mass is 35.5. The topological polar surface area (TPSA) is 67.2 Å². The molecule has 3 rings (SSSR count). The number of aryl methyl sites for hydroxylation is 3. The fourth-order valence-electron chi connectivity index (χ4n) is 3.03. The molecule has 28 heavy (non-hydrogen) atoms. The lowest BCUT2D eigenvalue weighted by atomic mass is 10.0. The molecule has 1 heterocycles. The molecule has 1 unspecified atom stereocenters. The zero-order valence-corrected chi connectivity index (χ0v) is 18.4. The zero-order valence-electron chi connectivity index (χ0n) is 16.1. The van der Waals surface area contributed by atoms with E-state index in [4.69, 9.17) is 23.2 Å². The van der Waals surface area contributed by atoms with Crippen LogP contribution >= 0.6 is 23.2 Å². The van der Waals surface area contributed by atoms with Gasteiger partial charge in [0.05, 0.1) is 11.4 Å². The summed E-state index contributed by atoms with van der Waals surface area (Å²) in [6.45, 7) is 5.66. The van der Waals surface area contributed by atoms with Crippen molar-refractivity contribution in [3.8, 4) is 11.1 Å². The number of hydrogen-bond acceptors (Lipinski definition) is 2. The molecule has 2 aromatic carbocycles. The lowest BCUT2D eigenvalue weighted by Crippen LogP contribution is -2.22. The summed E-state index contributed by atoms with van der Waals surface area (Å²) in [6, 6.07) is 11.4. The first-order valence-electron chi connectivity index (χ1n) is 8.77. The Labute approximate surface area is 176 Å². The van der Waals surface area contributed by atoms with Gasteiger partial charge in [-0.05, 0) is 53.3 Å². The molecular weight excluding hydrogens is 417 g/mol. The summed E-state index contributed by atoms with van der Waals surface area (Å²) >= 11 is 12.8. The smallest absolute Gasteiger partial charge is 0.270 e. The van der Waals surface area contributed by atoms with E-state index in [1.807, 2.05) is 31.2 Å². The van der Waals surface area contributed by atoms with Crippen LogP contribution in [-0.2, 0) is 28.1 Å². The Morgan fingerprint density at radius 3 is 2.14 bits per heavy atom. The molecule has 0 saturated heterocycles. The number of halogens is 2. The molecule has 148 valence electrons. The van der Waals surface area contributed by atoms with Gasteiger partial charge in [-0.1, -0.05) is 54.4 Å². The molecule has 1 atom stereocenters. The fourth-order valence-corrected chi connectivity index (χ4v) is 5.47. The Kier molecular flexibility index (Phi) is 5.87. The third-order valence-corrected chi connectivity index (χ3v) is 7.01. The predicted octanol–water partition coefficient (Wildman–Crippen LogP) is 5.93. The Morgan fingerprint density at radius 1 is 1.11 bits per heavy atom. The van der Waals surface area contributed by atoms with Crippen LogP contribution < -0.4 is 4.72 Å². The van der Waals surface area contributed by atoms with Crippen LogP contribution in [0.3, 0.4) is 0 Å². The molecule has 0 aliphatic rings. The van der Waals surface area contributed by atoms with Crippen LogP contribution in [0.25, 0.3) is 11.1 Å². The molecule has 8 heteroatoms. The molecular formula is C20H22Cl2N3O2S+. The molecule has 0 bridgehead atoms. The van der Waals surface area contributed by atoms with Gasteiger partial charge in [-0.15, -0.1) is 0 Å². The number of hydrogen-bond donors (Lipinski definition) is 2. The third kappa shape index (κ3) is 3.96. The Balaban J connectivity index is 2.00. The Bertz CT molecular complexity index is 1050. The van der Waals surface area contributed by atoms with Crippen molar-refractivity contribution in [1.29, 1.82) is 0 Å². The van der Waals surface area contributed by atoms with Crippen molar-refractivity contribution in [2.75, 3.05) is 4.72 Å². The van der Waals surface area contributed by atoms with Crippen LogP contribution in [-0.4, -0.2) is 14.3 Å². The maximum absolute atomic E-state index is 13.1. The van der Waals surface area contributed by atoms with Crippen molar-refractivity contribution in [1.82, 2.24) is 9.78 Å². The summed E-state index contributed by atoms with van der Waals surface area (Å²) in [5.41, 5.74) is 4.78. The van der Waals surface area contributed by atoms with Gasteiger partial charge in [0.25, 0.3) is 4.90 Å². The standard InChI is InChI=1S/C20H21Cl2N3O2S/c1-5-14-6-8-15(9-7-14)16-10-17(21)20(18(22)11-16)28(26,27)24-19-12(2)23-25(4)13(19)3/h6-11H,5H2,1-4H3,(H-,24,26,27)/p+1. The van der Waals surface area contributed by atoms with E-state index in [-0.39, 0.29) is 14.9 Å². The van der Waals surface area contributed by atoms with E-state index < -0.39 is 10.4 Å². The SMILES string of the molecule is CCc1ccc(-c2cc(Cl)c([S+](=O)(O)Nc3c(C)nn(C)c3C)c(Cl)c2)cc1. The number of aromatic nitrogens is 2. The Hall–Kier alpha value is -1.86. The first-order chi connectivity index (χ1) is 13.1. The number of benzene rings is 2. The maximum atomic E-state index is 13.1. The number of nitrogens with one attached hydrogen (secondary N) is 1. The van der Waals surface area contributed by atoms with E-state index in [2.05, 4.69) is 16.7 Å². The highest BCUT2D eigenvalue weighted by Gasteiger charge is 2.37. The van der Waals surface area contributed by atoms with E-state index >= 15 is 0 Å². The summed E-state index contributed by atoms with van der Waals surface area (Å²) in [7, 11) is -1.96. The first-order valence-corrected chi connectivity index (χ1v) is 11.0. The molecule has 0 spiro atoms. The van der Waals surface area contributed by atoms with Gasteiger partial charge in [-0.2, -0.15) is 14.4 Å². The minimum Gasteiger partial charge on any atom is -0.270 e. The minimum absolute atomic E-state index is 0.0348. The quantitative estimate of drug-likeness (QED) is 0.484. The molecule has 0 amide bonds. The second kappa shape index (κ2) is 7.87. The van der Waals surface area contributed by atoms with Gasteiger partial charge >= 0.3 is 10.4 Å². The largest absolute Gasteiger partial charge is 0.349 e. The molecule has 2 N–H and O–H groups in total. The van der Waals surface area contributed by atoms with E-state index in [9.17, 15) is 8.76 Å². The van der Waals surface area contributed by atoms with E-state index in [0.717, 1.165) is 23.2 Å². The molecule has 0 saturated carbocycles. The highest BCUT2D eigenvalue weighted by molar-refractivity contribution is 7.99. The second-order valence-corrected chi connectivity index (χ2v) is 9.10. The molecule has 0 aliphatic carbocycles. The summed E-state index contributed by atoms with van der Waals surface area (Å²) < 4.78 is 28.1. The van der Waals surface area contributed by atoms with E-state index in [1.165, 1.54) is 5.56 Å². The number of rotatable bonds is 5. The molecule has 1 aromatic heterocycles. The average molecular weight is 439 g/mol. The second-order valence-electron chi connectivity index (χ2n) is 6.62. The normalized spacial score (nSPS) is 13.4. The van der Waals surface area contributed by atoms with Crippen LogP contribution in [0.5, 0.6) is 0 Å². The van der Waals surface area contributed by atoms with Gasteiger partial charge in [0.2, 0.25) is 0 Å². The number of nitrogens with zero attached hydrogens (tertiary/aromatic N) is 2. The maximum Gasteiger partial charge on any atom is 0.349 e. The van der Waals surface area contributed by atoms with Gasteiger partial charge in [0, 0.05) is 7.05 Å². The van der Waals surface area contributed by atoms with Gasteiger partial charge in [0.15, 0.2) is 0 Å². The number of anilines is 1. The van der Waals surface area contributed by atoms with E-state index in [0.29, 0.717) is 11.4 Å². The predicted molar refractivity (Wildman–Crippen MR) is 117 cm³/mol. The first kappa shape index (κ1) is 20.9. The van der Waals surface area contributed by atoms with Crippen molar-refractivity contribution < 1.29 is 8.76 Å². The average Bonchev–Trinajstić information content (AvgIpc) is 2.86.